The normalized spacial score (nSPS) is 9.71. The molecule has 2 aromatic rings. The third-order valence-corrected chi connectivity index (χ3v) is 3.25. The van der Waals surface area contributed by atoms with E-state index in [-0.39, 0.29) is 6.61 Å². The van der Waals surface area contributed by atoms with Crippen molar-refractivity contribution in [1.29, 1.82) is 5.26 Å². The molecule has 0 heterocycles. The van der Waals surface area contributed by atoms with E-state index in [2.05, 4.69) is 5.32 Å². The van der Waals surface area contributed by atoms with Crippen molar-refractivity contribution in [3.8, 4) is 6.07 Å². The van der Waals surface area contributed by atoms with Crippen LogP contribution in [0.5, 0.6) is 0 Å². The number of hydrogen-bond donors (Lipinski definition) is 1. The van der Waals surface area contributed by atoms with E-state index in [9.17, 15) is 9.59 Å². The molecule has 0 saturated carbocycles. The van der Waals surface area contributed by atoms with Crippen molar-refractivity contribution in [3.63, 3.8) is 0 Å². The third kappa shape index (κ3) is 4.58. The SMILES string of the molecule is CN(C)c1ccc(C(=O)OCC(=O)Nc2ccc(C#N)cc2)cc1. The van der Waals surface area contributed by atoms with Crippen LogP contribution in [0.1, 0.15) is 15.9 Å². The third-order valence-electron chi connectivity index (χ3n) is 3.25. The molecule has 0 bridgehead atoms. The topological polar surface area (TPSA) is 82.4 Å². The van der Waals surface area contributed by atoms with Crippen LogP contribution in [0.3, 0.4) is 0 Å². The lowest BCUT2D eigenvalue weighted by Gasteiger charge is -2.12. The van der Waals surface area contributed by atoms with Crippen LogP contribution < -0.4 is 10.2 Å². The van der Waals surface area contributed by atoms with Crippen LogP contribution >= 0.6 is 0 Å². The Bertz CT molecular complexity index is 760. The number of benzene rings is 2. The summed E-state index contributed by atoms with van der Waals surface area (Å²) < 4.78 is 4.99. The number of amides is 1. The highest BCUT2D eigenvalue weighted by molar-refractivity contribution is 5.95. The van der Waals surface area contributed by atoms with Gasteiger partial charge < -0.3 is 15.0 Å². The van der Waals surface area contributed by atoms with Gasteiger partial charge in [0, 0.05) is 25.5 Å². The van der Waals surface area contributed by atoms with Gasteiger partial charge in [-0.15, -0.1) is 0 Å². The van der Waals surface area contributed by atoms with Crippen LogP contribution in [0.15, 0.2) is 48.5 Å². The van der Waals surface area contributed by atoms with Gasteiger partial charge in [0.25, 0.3) is 5.91 Å². The molecule has 24 heavy (non-hydrogen) atoms. The molecule has 0 fully saturated rings. The fraction of sp³-hybridized carbons (Fsp3) is 0.167. The summed E-state index contributed by atoms with van der Waals surface area (Å²) in [6.07, 6.45) is 0. The van der Waals surface area contributed by atoms with E-state index >= 15 is 0 Å². The number of esters is 1. The molecule has 0 aliphatic rings. The number of anilines is 2. The first-order valence-corrected chi connectivity index (χ1v) is 7.24. The molecule has 0 radical (unpaired) electrons. The summed E-state index contributed by atoms with van der Waals surface area (Å²) in [6.45, 7) is -0.381. The van der Waals surface area contributed by atoms with Gasteiger partial charge >= 0.3 is 5.97 Å². The number of rotatable bonds is 5. The van der Waals surface area contributed by atoms with Gasteiger partial charge in [-0.05, 0) is 48.5 Å². The van der Waals surface area contributed by atoms with Crippen molar-refractivity contribution < 1.29 is 14.3 Å². The number of hydrogen-bond acceptors (Lipinski definition) is 5. The molecular formula is C18H17N3O3. The molecule has 122 valence electrons. The van der Waals surface area contributed by atoms with Crippen LogP contribution in [0.25, 0.3) is 0 Å². The Morgan fingerprint density at radius 1 is 1.08 bits per heavy atom. The Kier molecular flexibility index (Phi) is 5.53. The summed E-state index contributed by atoms with van der Waals surface area (Å²) in [7, 11) is 3.81. The van der Waals surface area contributed by atoms with Gasteiger partial charge in [0.15, 0.2) is 6.61 Å². The summed E-state index contributed by atoms with van der Waals surface area (Å²) in [6, 6.07) is 15.3. The van der Waals surface area contributed by atoms with E-state index < -0.39 is 11.9 Å². The summed E-state index contributed by atoms with van der Waals surface area (Å²) in [5, 5.41) is 11.3. The van der Waals surface area contributed by atoms with Crippen molar-refractivity contribution in [3.05, 3.63) is 59.7 Å². The Morgan fingerprint density at radius 3 is 2.25 bits per heavy atom. The molecule has 0 atom stereocenters. The van der Waals surface area contributed by atoms with Gasteiger partial charge in [0.05, 0.1) is 17.2 Å². The zero-order valence-electron chi connectivity index (χ0n) is 13.4. The molecule has 2 rings (SSSR count). The van der Waals surface area contributed by atoms with E-state index in [1.165, 1.54) is 0 Å². The molecular weight excluding hydrogens is 306 g/mol. The van der Waals surface area contributed by atoms with Gasteiger partial charge in [-0.2, -0.15) is 5.26 Å². The second-order valence-electron chi connectivity index (χ2n) is 5.25. The average Bonchev–Trinajstić information content (AvgIpc) is 2.60. The highest BCUT2D eigenvalue weighted by Gasteiger charge is 2.10. The van der Waals surface area contributed by atoms with Crippen molar-refractivity contribution in [1.82, 2.24) is 0 Å². The molecule has 0 spiro atoms. The zero-order valence-corrected chi connectivity index (χ0v) is 13.4. The molecule has 1 amide bonds. The van der Waals surface area contributed by atoms with Gasteiger partial charge in [-0.1, -0.05) is 0 Å². The molecule has 0 aliphatic carbocycles. The maximum Gasteiger partial charge on any atom is 0.338 e. The summed E-state index contributed by atoms with van der Waals surface area (Å²) >= 11 is 0. The summed E-state index contributed by atoms with van der Waals surface area (Å²) in [5.41, 5.74) is 2.38. The average molecular weight is 323 g/mol. The molecule has 0 aromatic heterocycles. The number of nitriles is 1. The minimum absolute atomic E-state index is 0.381. The standard InChI is InChI=1S/C18H17N3O3/c1-21(2)16-9-5-14(6-10-16)18(23)24-12-17(22)20-15-7-3-13(11-19)4-8-15/h3-10H,12H2,1-2H3,(H,20,22). The number of nitrogens with one attached hydrogen (secondary N) is 1. The quantitative estimate of drug-likeness (QED) is 0.855. The maximum absolute atomic E-state index is 11.9. The van der Waals surface area contributed by atoms with Crippen LogP contribution in [-0.4, -0.2) is 32.6 Å². The lowest BCUT2D eigenvalue weighted by molar-refractivity contribution is -0.119. The Hall–Kier alpha value is -3.33. The number of nitrogens with zero attached hydrogens (tertiary/aromatic N) is 2. The largest absolute Gasteiger partial charge is 0.452 e. The predicted octanol–water partition coefficient (Wildman–Crippen LogP) is 2.42. The second-order valence-corrected chi connectivity index (χ2v) is 5.25. The first kappa shape index (κ1) is 17.0. The second kappa shape index (κ2) is 7.79. The molecule has 1 N–H and O–H groups in total. The van der Waals surface area contributed by atoms with Gasteiger partial charge in [-0.3, -0.25) is 4.79 Å². The van der Waals surface area contributed by atoms with Crippen LogP contribution in [0.2, 0.25) is 0 Å². The minimum Gasteiger partial charge on any atom is -0.452 e. The fourth-order valence-electron chi connectivity index (χ4n) is 1.94. The van der Waals surface area contributed by atoms with Crippen LogP contribution in [0, 0.1) is 11.3 Å². The van der Waals surface area contributed by atoms with Gasteiger partial charge in [0.2, 0.25) is 0 Å². The smallest absolute Gasteiger partial charge is 0.338 e. The summed E-state index contributed by atoms with van der Waals surface area (Å²) in [4.78, 5) is 25.6. The Labute approximate surface area is 140 Å². The fourth-order valence-corrected chi connectivity index (χ4v) is 1.94. The monoisotopic (exact) mass is 323 g/mol. The van der Waals surface area contributed by atoms with Gasteiger partial charge in [0.1, 0.15) is 0 Å². The highest BCUT2D eigenvalue weighted by Crippen LogP contribution is 2.13. The zero-order chi connectivity index (χ0) is 17.5. The van der Waals surface area contributed by atoms with Crippen LogP contribution in [-0.2, 0) is 9.53 Å². The first-order valence-electron chi connectivity index (χ1n) is 7.24. The molecule has 6 heteroatoms. The maximum atomic E-state index is 11.9. The van der Waals surface area contributed by atoms with E-state index in [1.807, 2.05) is 25.1 Å². The number of ether oxygens (including phenoxy) is 1. The number of carbonyl (C=O) groups is 2. The van der Waals surface area contributed by atoms with Crippen LogP contribution in [0.4, 0.5) is 11.4 Å². The van der Waals surface area contributed by atoms with Crippen molar-refractivity contribution in [2.45, 2.75) is 0 Å². The van der Waals surface area contributed by atoms with Gasteiger partial charge in [-0.25, -0.2) is 4.79 Å². The molecule has 2 aromatic carbocycles. The van der Waals surface area contributed by atoms with E-state index in [0.717, 1.165) is 5.69 Å². The summed E-state index contributed by atoms with van der Waals surface area (Å²) in [5.74, 6) is -1.01. The first-order chi connectivity index (χ1) is 11.5. The molecule has 0 aliphatic heterocycles. The van der Waals surface area contributed by atoms with Crippen molar-refractivity contribution >= 4 is 23.3 Å². The Morgan fingerprint density at radius 2 is 1.71 bits per heavy atom. The molecule has 6 nitrogen and oxygen atoms in total. The van der Waals surface area contributed by atoms with E-state index in [0.29, 0.717) is 16.8 Å². The number of carbonyl (C=O) groups excluding carboxylic acids is 2. The molecule has 0 saturated heterocycles. The lowest BCUT2D eigenvalue weighted by Crippen LogP contribution is -2.21. The highest BCUT2D eigenvalue weighted by atomic mass is 16.5. The van der Waals surface area contributed by atoms with E-state index in [4.69, 9.17) is 10.00 Å². The van der Waals surface area contributed by atoms with Crippen molar-refractivity contribution in [2.75, 3.05) is 30.9 Å². The minimum atomic E-state index is -0.560. The molecule has 0 unspecified atom stereocenters. The lowest BCUT2D eigenvalue weighted by atomic mass is 10.2. The van der Waals surface area contributed by atoms with E-state index in [1.54, 1.807) is 48.5 Å². The Balaban J connectivity index is 1.86. The van der Waals surface area contributed by atoms with Crippen molar-refractivity contribution in [2.24, 2.45) is 0 Å². The predicted molar refractivity (Wildman–Crippen MR) is 90.8 cm³/mol.